The van der Waals surface area contributed by atoms with E-state index >= 15 is 0 Å². The molecule has 1 aromatic carbocycles. The molecule has 0 spiro atoms. The van der Waals surface area contributed by atoms with Crippen molar-refractivity contribution in [2.75, 3.05) is 18.8 Å². The maximum absolute atomic E-state index is 13.0. The molecule has 2 heterocycles. The third-order valence-corrected chi connectivity index (χ3v) is 6.59. The topological polar surface area (TPSA) is 147 Å². The summed E-state index contributed by atoms with van der Waals surface area (Å²) in [6, 6.07) is 7.14. The first-order chi connectivity index (χ1) is 17.4. The van der Waals surface area contributed by atoms with E-state index in [-0.39, 0.29) is 23.3 Å². The number of nitriles is 1. The van der Waals surface area contributed by atoms with Crippen molar-refractivity contribution in [3.63, 3.8) is 0 Å². The standard InChI is InChI=1S/C26H31N7O2S/c1-4-6-12-33(11-5-2)26(34)18-9-10-20(19(14-18)15-27)17(3)16-30-23(29)22(28)25-32-31-24(35-25)21-8-7-13-36-21/h8-10,14,16H,3-7,11-13,28-29H2,1-2H3/b23-22-,30-16-. The predicted molar refractivity (Wildman–Crippen MR) is 144 cm³/mol. The van der Waals surface area contributed by atoms with Crippen LogP contribution in [-0.4, -0.2) is 46.1 Å². The third-order valence-electron chi connectivity index (χ3n) is 5.50. The molecule has 1 aromatic heterocycles. The van der Waals surface area contributed by atoms with Crippen molar-refractivity contribution in [3.05, 3.63) is 65.1 Å². The maximum atomic E-state index is 13.0. The highest BCUT2D eigenvalue weighted by molar-refractivity contribution is 8.08. The summed E-state index contributed by atoms with van der Waals surface area (Å²) in [6.45, 7) is 9.49. The van der Waals surface area contributed by atoms with Crippen molar-refractivity contribution in [2.45, 2.75) is 39.5 Å². The molecule has 0 atom stereocenters. The molecule has 10 heteroatoms. The third kappa shape index (κ3) is 6.43. The van der Waals surface area contributed by atoms with Crippen LogP contribution in [0.1, 0.15) is 72.8 Å². The molecule has 9 nitrogen and oxygen atoms in total. The second-order valence-electron chi connectivity index (χ2n) is 8.22. The van der Waals surface area contributed by atoms with Crippen molar-refractivity contribution in [1.82, 2.24) is 15.1 Å². The number of benzene rings is 1. The second kappa shape index (κ2) is 12.7. The van der Waals surface area contributed by atoms with E-state index in [0.29, 0.717) is 41.2 Å². The predicted octanol–water partition coefficient (Wildman–Crippen LogP) is 4.40. The van der Waals surface area contributed by atoms with Crippen molar-refractivity contribution >= 4 is 40.1 Å². The van der Waals surface area contributed by atoms with Crippen molar-refractivity contribution < 1.29 is 9.21 Å². The number of aliphatic imine (C=N–C) groups is 1. The maximum Gasteiger partial charge on any atom is 0.267 e. The van der Waals surface area contributed by atoms with Gasteiger partial charge in [-0.2, -0.15) is 5.26 Å². The lowest BCUT2D eigenvalue weighted by molar-refractivity contribution is 0.0753. The van der Waals surface area contributed by atoms with Gasteiger partial charge in [-0.05, 0) is 37.0 Å². The SMILES string of the molecule is C=C(/C=N\C(N)=C(/N)c1nnc(C2=CCCS2)o1)c1ccc(C(=O)N(CCC)CCCC)cc1C#N. The summed E-state index contributed by atoms with van der Waals surface area (Å²) in [5, 5.41) is 17.7. The van der Waals surface area contributed by atoms with Crippen molar-refractivity contribution in [1.29, 1.82) is 5.26 Å². The van der Waals surface area contributed by atoms with Crippen molar-refractivity contribution in [3.8, 4) is 6.07 Å². The Morgan fingerprint density at radius 1 is 1.31 bits per heavy atom. The summed E-state index contributed by atoms with van der Waals surface area (Å²) in [7, 11) is 0. The molecule has 3 rings (SSSR count). The van der Waals surface area contributed by atoms with Crippen LogP contribution in [0.5, 0.6) is 0 Å². The van der Waals surface area contributed by atoms with E-state index in [1.165, 1.54) is 6.21 Å². The fraction of sp³-hybridized carbons (Fsp3) is 0.346. The van der Waals surface area contributed by atoms with Gasteiger partial charge in [0, 0.05) is 36.2 Å². The van der Waals surface area contributed by atoms with E-state index < -0.39 is 0 Å². The Kier molecular flexibility index (Phi) is 9.47. The minimum atomic E-state index is -0.0849. The van der Waals surface area contributed by atoms with Crippen LogP contribution < -0.4 is 11.5 Å². The van der Waals surface area contributed by atoms with Gasteiger partial charge in [0.15, 0.2) is 5.82 Å². The van der Waals surface area contributed by atoms with Gasteiger partial charge in [-0.25, -0.2) is 4.99 Å². The Bertz CT molecular complexity index is 1250. The van der Waals surface area contributed by atoms with E-state index in [9.17, 15) is 10.1 Å². The number of amides is 1. The Labute approximate surface area is 215 Å². The average molecular weight is 506 g/mol. The number of hydrogen-bond acceptors (Lipinski definition) is 9. The van der Waals surface area contributed by atoms with Gasteiger partial charge in [-0.15, -0.1) is 22.0 Å². The highest BCUT2D eigenvalue weighted by atomic mass is 32.2. The molecule has 188 valence electrons. The number of hydrogen-bond donors (Lipinski definition) is 2. The molecule has 1 aliphatic rings. The van der Waals surface area contributed by atoms with Crippen LogP contribution in [0.15, 0.2) is 46.1 Å². The number of nitrogens with two attached hydrogens (primary N) is 2. The van der Waals surface area contributed by atoms with Gasteiger partial charge in [0.05, 0.1) is 16.5 Å². The van der Waals surface area contributed by atoms with Gasteiger partial charge in [0.1, 0.15) is 5.70 Å². The molecule has 0 bridgehead atoms. The smallest absolute Gasteiger partial charge is 0.267 e. The molecule has 36 heavy (non-hydrogen) atoms. The number of allylic oxidation sites excluding steroid dienone is 2. The zero-order valence-corrected chi connectivity index (χ0v) is 21.5. The van der Waals surface area contributed by atoms with Gasteiger partial charge in [0.25, 0.3) is 17.7 Å². The Balaban J connectivity index is 1.77. The van der Waals surface area contributed by atoms with Crippen LogP contribution in [-0.2, 0) is 0 Å². The number of aromatic nitrogens is 2. The Morgan fingerprint density at radius 2 is 2.11 bits per heavy atom. The minimum absolute atomic E-state index is 0.0177. The first kappa shape index (κ1) is 26.8. The number of thioether (sulfide) groups is 1. The second-order valence-corrected chi connectivity index (χ2v) is 9.35. The zero-order valence-electron chi connectivity index (χ0n) is 20.7. The van der Waals surface area contributed by atoms with Gasteiger partial charge in [-0.1, -0.05) is 39.0 Å². The molecule has 0 saturated heterocycles. The molecule has 0 aliphatic carbocycles. The summed E-state index contributed by atoms with van der Waals surface area (Å²) < 4.78 is 5.63. The molecule has 1 aliphatic heterocycles. The lowest BCUT2D eigenvalue weighted by Crippen LogP contribution is -2.32. The summed E-state index contributed by atoms with van der Waals surface area (Å²) in [4.78, 5) is 19.9. The summed E-state index contributed by atoms with van der Waals surface area (Å²) in [6.07, 6.45) is 7.20. The first-order valence-corrected chi connectivity index (χ1v) is 12.9. The average Bonchev–Trinajstić information content (AvgIpc) is 3.60. The zero-order chi connectivity index (χ0) is 26.1. The Hall–Kier alpha value is -3.84. The number of rotatable bonds is 11. The van der Waals surface area contributed by atoms with Crippen LogP contribution in [0.4, 0.5) is 0 Å². The lowest BCUT2D eigenvalue weighted by Gasteiger charge is -2.22. The van der Waals surface area contributed by atoms with Gasteiger partial charge in [-0.3, -0.25) is 4.79 Å². The minimum Gasteiger partial charge on any atom is -0.414 e. The van der Waals surface area contributed by atoms with E-state index in [2.05, 4.69) is 34.8 Å². The fourth-order valence-electron chi connectivity index (χ4n) is 3.56. The fourth-order valence-corrected chi connectivity index (χ4v) is 4.46. The van der Waals surface area contributed by atoms with Crippen LogP contribution in [0.3, 0.4) is 0 Å². The largest absolute Gasteiger partial charge is 0.414 e. The quantitative estimate of drug-likeness (QED) is 0.427. The molecule has 4 N–H and O–H groups in total. The molecule has 0 radical (unpaired) electrons. The molecular formula is C26H31N7O2S. The monoisotopic (exact) mass is 505 g/mol. The van der Waals surface area contributed by atoms with E-state index in [1.54, 1.807) is 30.0 Å². The molecule has 1 amide bonds. The highest BCUT2D eigenvalue weighted by Crippen LogP contribution is 2.33. The van der Waals surface area contributed by atoms with E-state index in [4.69, 9.17) is 15.9 Å². The summed E-state index contributed by atoms with van der Waals surface area (Å²) in [5.41, 5.74) is 13.9. The summed E-state index contributed by atoms with van der Waals surface area (Å²) in [5.74, 6) is 1.35. The normalized spacial score (nSPS) is 13.9. The van der Waals surface area contributed by atoms with E-state index in [1.807, 2.05) is 17.9 Å². The highest BCUT2D eigenvalue weighted by Gasteiger charge is 2.18. The molecule has 2 aromatic rings. The Morgan fingerprint density at radius 3 is 2.78 bits per heavy atom. The number of carbonyl (C=O) groups is 1. The molecule has 0 fully saturated rings. The molecule has 0 saturated carbocycles. The van der Waals surface area contributed by atoms with Crippen LogP contribution in [0.25, 0.3) is 16.2 Å². The van der Waals surface area contributed by atoms with Crippen LogP contribution >= 0.6 is 11.8 Å². The number of carbonyl (C=O) groups excluding carboxylic acids is 1. The summed E-state index contributed by atoms with van der Waals surface area (Å²) >= 11 is 1.64. The van der Waals surface area contributed by atoms with Crippen LogP contribution in [0, 0.1) is 11.3 Å². The lowest BCUT2D eigenvalue weighted by atomic mass is 9.99. The van der Waals surface area contributed by atoms with E-state index in [0.717, 1.165) is 36.3 Å². The van der Waals surface area contributed by atoms with Crippen molar-refractivity contribution in [2.24, 2.45) is 16.5 Å². The van der Waals surface area contributed by atoms with Gasteiger partial charge < -0.3 is 20.8 Å². The number of unbranched alkanes of at least 4 members (excludes halogenated alkanes) is 1. The van der Waals surface area contributed by atoms with Gasteiger partial charge >= 0.3 is 0 Å². The van der Waals surface area contributed by atoms with Gasteiger partial charge in [0.2, 0.25) is 0 Å². The molecular weight excluding hydrogens is 474 g/mol. The van der Waals surface area contributed by atoms with Crippen LogP contribution in [0.2, 0.25) is 0 Å². The first-order valence-electron chi connectivity index (χ1n) is 11.9. The molecule has 0 unspecified atom stereocenters. The number of nitrogens with zero attached hydrogens (tertiary/aromatic N) is 5.